The van der Waals surface area contributed by atoms with Gasteiger partial charge < -0.3 is 13.9 Å². The SMILES string of the molecule is CCCC[C@H]1CC[C@H]2[C@H]3[C@H](CC[C@]12C)[C@]1(C)C(=CC32OCCO2)CC(=O)CC1O[SiH](C)C. The van der Waals surface area contributed by atoms with Crippen LogP contribution in [0.15, 0.2) is 11.6 Å². The average molecular weight is 461 g/mol. The van der Waals surface area contributed by atoms with Gasteiger partial charge in [-0.1, -0.05) is 39.2 Å². The van der Waals surface area contributed by atoms with Gasteiger partial charge >= 0.3 is 0 Å². The summed E-state index contributed by atoms with van der Waals surface area (Å²) >= 11 is 0. The zero-order valence-electron chi connectivity index (χ0n) is 21.0. The number of ketones is 1. The molecular weight excluding hydrogens is 416 g/mol. The highest BCUT2D eigenvalue weighted by Crippen LogP contribution is 2.69. The van der Waals surface area contributed by atoms with Crippen molar-refractivity contribution in [2.24, 2.45) is 34.5 Å². The molecule has 5 heteroatoms. The van der Waals surface area contributed by atoms with Gasteiger partial charge in [0.05, 0.1) is 19.3 Å². The Morgan fingerprint density at radius 2 is 1.88 bits per heavy atom. The Bertz CT molecular complexity index is 772. The quantitative estimate of drug-likeness (QED) is 0.392. The molecule has 5 aliphatic rings. The van der Waals surface area contributed by atoms with Gasteiger partial charge in [-0.05, 0) is 74.4 Å². The van der Waals surface area contributed by atoms with Crippen LogP contribution in [0.2, 0.25) is 13.1 Å². The number of carbonyl (C=O) groups excluding carboxylic acids is 1. The highest BCUT2D eigenvalue weighted by Gasteiger charge is 2.68. The summed E-state index contributed by atoms with van der Waals surface area (Å²) < 4.78 is 19.7. The molecule has 4 nitrogen and oxygen atoms in total. The highest BCUT2D eigenvalue weighted by atomic mass is 28.3. The Morgan fingerprint density at radius 1 is 1.12 bits per heavy atom. The number of carbonyl (C=O) groups is 1. The minimum absolute atomic E-state index is 0.0227. The van der Waals surface area contributed by atoms with E-state index in [9.17, 15) is 4.79 Å². The third-order valence-electron chi connectivity index (χ3n) is 10.3. The Hall–Kier alpha value is -0.493. The van der Waals surface area contributed by atoms with Gasteiger partial charge in [0.1, 0.15) is 5.78 Å². The van der Waals surface area contributed by atoms with E-state index in [-0.39, 0.29) is 11.5 Å². The number of hydrogen-bond acceptors (Lipinski definition) is 4. The summed E-state index contributed by atoms with van der Waals surface area (Å²) in [4.78, 5) is 12.8. The molecule has 180 valence electrons. The molecule has 0 aromatic heterocycles. The van der Waals surface area contributed by atoms with Crippen molar-refractivity contribution < 1.29 is 18.7 Å². The summed E-state index contributed by atoms with van der Waals surface area (Å²) in [5.74, 6) is 1.99. The van der Waals surface area contributed by atoms with Crippen molar-refractivity contribution in [3.05, 3.63) is 11.6 Å². The fourth-order valence-corrected chi connectivity index (χ4v) is 9.80. The summed E-state index contributed by atoms with van der Waals surface area (Å²) in [6.07, 6.45) is 12.6. The number of rotatable bonds is 5. The number of Topliss-reactive ketones (excluding diaryl/α,β-unsaturated/α-hetero) is 1. The molecule has 4 aliphatic carbocycles. The van der Waals surface area contributed by atoms with Crippen molar-refractivity contribution in [2.45, 2.75) is 104 Å². The van der Waals surface area contributed by atoms with Crippen molar-refractivity contribution >= 4 is 14.8 Å². The third kappa shape index (κ3) is 3.36. The second-order valence-corrected chi connectivity index (χ2v) is 14.5. The molecule has 0 bridgehead atoms. The predicted molar refractivity (Wildman–Crippen MR) is 129 cm³/mol. The second kappa shape index (κ2) is 8.32. The van der Waals surface area contributed by atoms with Crippen LogP contribution in [-0.4, -0.2) is 39.9 Å². The lowest BCUT2D eigenvalue weighted by molar-refractivity contribution is -0.237. The van der Waals surface area contributed by atoms with Crippen molar-refractivity contribution in [1.82, 2.24) is 0 Å². The van der Waals surface area contributed by atoms with Crippen LogP contribution >= 0.6 is 0 Å². The van der Waals surface area contributed by atoms with Crippen LogP contribution in [0, 0.1) is 34.5 Å². The molecule has 0 N–H and O–H groups in total. The van der Waals surface area contributed by atoms with Crippen LogP contribution in [0.5, 0.6) is 0 Å². The largest absolute Gasteiger partial charge is 0.416 e. The molecule has 3 saturated carbocycles. The van der Waals surface area contributed by atoms with Crippen LogP contribution in [0.25, 0.3) is 0 Å². The average Bonchev–Trinajstić information content (AvgIpc) is 3.33. The molecule has 1 aliphatic heterocycles. The van der Waals surface area contributed by atoms with Crippen LogP contribution < -0.4 is 0 Å². The fraction of sp³-hybridized carbons (Fsp3) is 0.889. The standard InChI is InChI=1S/C27H44O4Si/c1-6-7-8-18-9-10-21-24-22(11-12-25(18,21)2)26(3)19(17-27(24)29-13-14-30-27)15-20(28)16-23(26)31-32(4)5/h17-18,21-24,32H,6-16H2,1-5H3/t18-,21-,22-,23?,24-,25+,26-/m0/s1. The number of hydrogen-bond donors (Lipinski definition) is 0. The first-order valence-corrected chi connectivity index (χ1v) is 16.2. The van der Waals surface area contributed by atoms with Crippen LogP contribution in [0.1, 0.15) is 78.6 Å². The van der Waals surface area contributed by atoms with E-state index >= 15 is 0 Å². The second-order valence-electron chi connectivity index (χ2n) is 12.2. The molecule has 1 spiro atoms. The van der Waals surface area contributed by atoms with Gasteiger partial charge in [-0.15, -0.1) is 0 Å². The molecule has 5 rings (SSSR count). The van der Waals surface area contributed by atoms with E-state index < -0.39 is 14.8 Å². The maximum Gasteiger partial charge on any atom is 0.191 e. The monoisotopic (exact) mass is 460 g/mol. The highest BCUT2D eigenvalue weighted by molar-refractivity contribution is 6.48. The molecule has 0 aromatic carbocycles. The van der Waals surface area contributed by atoms with E-state index in [1.165, 1.54) is 50.5 Å². The van der Waals surface area contributed by atoms with Crippen LogP contribution in [0.3, 0.4) is 0 Å². The number of fused-ring (bicyclic) bond motifs is 6. The topological polar surface area (TPSA) is 44.8 Å². The molecule has 0 amide bonds. The zero-order chi connectivity index (χ0) is 22.7. The summed E-state index contributed by atoms with van der Waals surface area (Å²) in [5.41, 5.74) is 1.56. The Labute approximate surface area is 196 Å². The first kappa shape index (κ1) is 23.3. The molecule has 32 heavy (non-hydrogen) atoms. The Morgan fingerprint density at radius 3 is 2.56 bits per heavy atom. The molecule has 1 heterocycles. The Kier molecular flexibility index (Phi) is 6.05. The lowest BCUT2D eigenvalue weighted by atomic mass is 9.45. The van der Waals surface area contributed by atoms with E-state index in [0.717, 1.165) is 5.92 Å². The van der Waals surface area contributed by atoms with Crippen molar-refractivity contribution in [3.8, 4) is 0 Å². The number of unbranched alkanes of at least 4 members (excludes halogenated alkanes) is 1. The van der Waals surface area contributed by atoms with Crippen LogP contribution in [-0.2, 0) is 18.7 Å². The molecule has 7 atom stereocenters. The van der Waals surface area contributed by atoms with E-state index in [1.54, 1.807) is 0 Å². The zero-order valence-corrected chi connectivity index (χ0v) is 22.1. The minimum Gasteiger partial charge on any atom is -0.416 e. The first-order valence-electron chi connectivity index (χ1n) is 13.4. The maximum absolute atomic E-state index is 12.8. The fourth-order valence-electron chi connectivity index (χ4n) is 8.77. The van der Waals surface area contributed by atoms with Crippen molar-refractivity contribution in [1.29, 1.82) is 0 Å². The smallest absolute Gasteiger partial charge is 0.191 e. The summed E-state index contributed by atoms with van der Waals surface area (Å²) in [6.45, 7) is 13.1. The van der Waals surface area contributed by atoms with Gasteiger partial charge in [0.2, 0.25) is 0 Å². The van der Waals surface area contributed by atoms with Gasteiger partial charge in [0, 0.05) is 24.2 Å². The molecule has 0 radical (unpaired) electrons. The van der Waals surface area contributed by atoms with Gasteiger partial charge in [-0.25, -0.2) is 0 Å². The van der Waals surface area contributed by atoms with E-state index in [0.29, 0.717) is 55.0 Å². The van der Waals surface area contributed by atoms with Crippen molar-refractivity contribution in [2.75, 3.05) is 13.2 Å². The van der Waals surface area contributed by atoms with E-state index in [4.69, 9.17) is 13.9 Å². The molecule has 1 unspecified atom stereocenters. The van der Waals surface area contributed by atoms with Gasteiger partial charge in [0.15, 0.2) is 14.8 Å². The lowest BCUT2D eigenvalue weighted by Crippen LogP contribution is -2.63. The number of ether oxygens (including phenoxy) is 2. The maximum atomic E-state index is 12.8. The van der Waals surface area contributed by atoms with Gasteiger partial charge in [-0.2, -0.15) is 0 Å². The normalized spacial score (nSPS) is 45.0. The van der Waals surface area contributed by atoms with E-state index in [2.05, 4.69) is 39.9 Å². The van der Waals surface area contributed by atoms with Gasteiger partial charge in [-0.3, -0.25) is 4.79 Å². The van der Waals surface area contributed by atoms with Crippen molar-refractivity contribution in [3.63, 3.8) is 0 Å². The third-order valence-corrected chi connectivity index (χ3v) is 11.2. The first-order chi connectivity index (χ1) is 15.2. The molecular formula is C27H44O4Si. The summed E-state index contributed by atoms with van der Waals surface area (Å²) in [5, 5.41) is 0. The van der Waals surface area contributed by atoms with E-state index in [1.807, 2.05) is 0 Å². The molecule has 1 saturated heterocycles. The minimum atomic E-state index is -1.27. The predicted octanol–water partition coefficient (Wildman–Crippen LogP) is 5.66. The summed E-state index contributed by atoms with van der Waals surface area (Å²) in [6, 6.07) is 0. The molecule has 0 aromatic rings. The molecule has 4 fully saturated rings. The van der Waals surface area contributed by atoms with Crippen LogP contribution in [0.4, 0.5) is 0 Å². The summed E-state index contributed by atoms with van der Waals surface area (Å²) in [7, 11) is -1.27. The Balaban J connectivity index is 1.58. The van der Waals surface area contributed by atoms with Gasteiger partial charge in [0.25, 0.3) is 0 Å². The lowest BCUT2D eigenvalue weighted by Gasteiger charge is -2.62.